The maximum absolute atomic E-state index is 5.81. The first kappa shape index (κ1) is 14.0. The zero-order valence-corrected chi connectivity index (χ0v) is 11.7. The van der Waals surface area contributed by atoms with E-state index in [2.05, 4.69) is 23.5 Å². The minimum absolute atomic E-state index is 0.0728. The van der Waals surface area contributed by atoms with E-state index < -0.39 is 0 Å². The van der Waals surface area contributed by atoms with Gasteiger partial charge in [0, 0.05) is 11.8 Å². The molecule has 1 atom stereocenters. The van der Waals surface area contributed by atoms with Crippen LogP contribution in [0.1, 0.15) is 20.8 Å². The first-order valence-electron chi connectivity index (χ1n) is 5.71. The van der Waals surface area contributed by atoms with Crippen LogP contribution in [0.3, 0.4) is 0 Å². The third-order valence-electron chi connectivity index (χ3n) is 2.05. The van der Waals surface area contributed by atoms with Gasteiger partial charge in [0.25, 0.3) is 0 Å². The molecule has 0 spiro atoms. The summed E-state index contributed by atoms with van der Waals surface area (Å²) in [5.41, 5.74) is 6.38. The standard InChI is InChI=1S/C12H21N3OS/c1-8(2)16-12-10(13)5-6-11(15-12)14-9(3)7-17-4/h5-6,8-9H,7,13H2,1-4H3,(H,14,15). The van der Waals surface area contributed by atoms with Crippen LogP contribution < -0.4 is 15.8 Å². The van der Waals surface area contributed by atoms with Crippen LogP contribution in [0, 0.1) is 0 Å². The molecule has 0 aliphatic heterocycles. The summed E-state index contributed by atoms with van der Waals surface area (Å²) in [6, 6.07) is 4.06. The Hall–Kier alpha value is -1.10. The van der Waals surface area contributed by atoms with Crippen LogP contribution in [0.5, 0.6) is 5.88 Å². The van der Waals surface area contributed by atoms with Crippen LogP contribution in [0.4, 0.5) is 11.5 Å². The molecule has 17 heavy (non-hydrogen) atoms. The average Bonchev–Trinajstić information content (AvgIpc) is 2.22. The van der Waals surface area contributed by atoms with Crippen LogP contribution in [-0.4, -0.2) is 29.1 Å². The number of hydrogen-bond acceptors (Lipinski definition) is 5. The van der Waals surface area contributed by atoms with Crippen molar-refractivity contribution in [2.75, 3.05) is 23.1 Å². The lowest BCUT2D eigenvalue weighted by atomic mass is 10.3. The molecule has 96 valence electrons. The molecular formula is C12H21N3OS. The summed E-state index contributed by atoms with van der Waals surface area (Å²) in [6.07, 6.45) is 2.16. The molecule has 0 saturated carbocycles. The van der Waals surface area contributed by atoms with E-state index in [1.807, 2.05) is 26.0 Å². The van der Waals surface area contributed by atoms with Crippen molar-refractivity contribution in [2.45, 2.75) is 32.9 Å². The molecule has 0 aliphatic carbocycles. The van der Waals surface area contributed by atoms with Crippen molar-refractivity contribution >= 4 is 23.3 Å². The molecule has 5 heteroatoms. The Kier molecular flexibility index (Phi) is 5.41. The number of nitrogens with two attached hydrogens (primary N) is 1. The minimum atomic E-state index is 0.0728. The van der Waals surface area contributed by atoms with Gasteiger partial charge in [-0.3, -0.25) is 0 Å². The van der Waals surface area contributed by atoms with Crippen molar-refractivity contribution < 1.29 is 4.74 Å². The highest BCUT2D eigenvalue weighted by Crippen LogP contribution is 2.22. The number of ether oxygens (including phenoxy) is 1. The molecule has 1 heterocycles. The largest absolute Gasteiger partial charge is 0.473 e. The van der Waals surface area contributed by atoms with Gasteiger partial charge in [0.05, 0.1) is 11.8 Å². The molecular weight excluding hydrogens is 234 g/mol. The number of nitrogens with one attached hydrogen (secondary N) is 1. The molecule has 1 rings (SSSR count). The van der Waals surface area contributed by atoms with Crippen LogP contribution >= 0.6 is 11.8 Å². The molecule has 0 bridgehead atoms. The third-order valence-corrected chi connectivity index (χ3v) is 2.88. The van der Waals surface area contributed by atoms with Gasteiger partial charge in [-0.1, -0.05) is 0 Å². The average molecular weight is 255 g/mol. The Balaban J connectivity index is 2.74. The molecule has 0 saturated heterocycles. The van der Waals surface area contributed by atoms with E-state index in [0.29, 0.717) is 17.6 Å². The smallest absolute Gasteiger partial charge is 0.239 e. The van der Waals surface area contributed by atoms with Gasteiger partial charge in [-0.05, 0) is 39.2 Å². The van der Waals surface area contributed by atoms with Crippen molar-refractivity contribution in [3.05, 3.63) is 12.1 Å². The van der Waals surface area contributed by atoms with Crippen LogP contribution in [0.2, 0.25) is 0 Å². The second-order valence-electron chi connectivity index (χ2n) is 4.26. The second-order valence-corrected chi connectivity index (χ2v) is 5.17. The lowest BCUT2D eigenvalue weighted by Gasteiger charge is -2.16. The first-order chi connectivity index (χ1) is 8.02. The molecule has 0 amide bonds. The summed E-state index contributed by atoms with van der Waals surface area (Å²) in [5.74, 6) is 2.34. The summed E-state index contributed by atoms with van der Waals surface area (Å²) in [4.78, 5) is 4.37. The molecule has 1 aromatic rings. The number of anilines is 2. The molecule has 0 radical (unpaired) electrons. The van der Waals surface area contributed by atoms with E-state index in [-0.39, 0.29) is 6.10 Å². The highest BCUT2D eigenvalue weighted by atomic mass is 32.2. The Morgan fingerprint density at radius 3 is 2.71 bits per heavy atom. The lowest BCUT2D eigenvalue weighted by molar-refractivity contribution is 0.234. The summed E-state index contributed by atoms with van der Waals surface area (Å²) in [5, 5.41) is 3.32. The fraction of sp³-hybridized carbons (Fsp3) is 0.583. The number of thioether (sulfide) groups is 1. The van der Waals surface area contributed by atoms with Crippen LogP contribution in [-0.2, 0) is 0 Å². The quantitative estimate of drug-likeness (QED) is 0.818. The molecule has 0 aromatic carbocycles. The molecule has 0 aliphatic rings. The SMILES string of the molecule is CSCC(C)Nc1ccc(N)c(OC(C)C)n1. The van der Waals surface area contributed by atoms with Crippen LogP contribution in [0.25, 0.3) is 0 Å². The summed E-state index contributed by atoms with van der Waals surface area (Å²) < 4.78 is 5.55. The van der Waals surface area contributed by atoms with Crippen molar-refractivity contribution in [3.63, 3.8) is 0 Å². The van der Waals surface area contributed by atoms with Crippen molar-refractivity contribution in [1.82, 2.24) is 4.98 Å². The van der Waals surface area contributed by atoms with Gasteiger partial charge in [-0.25, -0.2) is 0 Å². The normalized spacial score (nSPS) is 12.5. The highest BCUT2D eigenvalue weighted by Gasteiger charge is 2.08. The van der Waals surface area contributed by atoms with Crippen molar-refractivity contribution in [3.8, 4) is 5.88 Å². The molecule has 0 fully saturated rings. The number of aromatic nitrogens is 1. The topological polar surface area (TPSA) is 60.2 Å². The Bertz CT molecular complexity index is 358. The first-order valence-corrected chi connectivity index (χ1v) is 7.11. The fourth-order valence-electron chi connectivity index (χ4n) is 1.39. The van der Waals surface area contributed by atoms with E-state index in [4.69, 9.17) is 10.5 Å². The summed E-state index contributed by atoms with van der Waals surface area (Å²) >= 11 is 1.80. The monoisotopic (exact) mass is 255 g/mol. The van der Waals surface area contributed by atoms with Gasteiger partial charge in [0.15, 0.2) is 0 Å². The van der Waals surface area contributed by atoms with Gasteiger partial charge < -0.3 is 15.8 Å². The second kappa shape index (κ2) is 6.59. The molecule has 4 nitrogen and oxygen atoms in total. The highest BCUT2D eigenvalue weighted by molar-refractivity contribution is 7.98. The molecule has 1 aromatic heterocycles. The van der Waals surface area contributed by atoms with Gasteiger partial charge in [0.1, 0.15) is 5.82 Å². The van der Waals surface area contributed by atoms with Gasteiger partial charge in [-0.15, -0.1) is 0 Å². The zero-order chi connectivity index (χ0) is 12.8. The number of pyridine rings is 1. The predicted molar refractivity (Wildman–Crippen MR) is 75.9 cm³/mol. The van der Waals surface area contributed by atoms with E-state index in [9.17, 15) is 0 Å². The number of nitrogens with zero attached hydrogens (tertiary/aromatic N) is 1. The van der Waals surface area contributed by atoms with Gasteiger partial charge >= 0.3 is 0 Å². The number of nitrogen functional groups attached to an aromatic ring is 1. The van der Waals surface area contributed by atoms with Crippen molar-refractivity contribution in [2.24, 2.45) is 0 Å². The molecule has 1 unspecified atom stereocenters. The maximum atomic E-state index is 5.81. The summed E-state index contributed by atoms with van der Waals surface area (Å²) in [7, 11) is 0. The van der Waals surface area contributed by atoms with Crippen LogP contribution in [0.15, 0.2) is 12.1 Å². The van der Waals surface area contributed by atoms with Gasteiger partial charge in [-0.2, -0.15) is 16.7 Å². The summed E-state index contributed by atoms with van der Waals surface area (Å²) in [6.45, 7) is 6.03. The van der Waals surface area contributed by atoms with Crippen molar-refractivity contribution in [1.29, 1.82) is 0 Å². The third kappa shape index (κ3) is 4.73. The Labute approximate surface area is 107 Å². The zero-order valence-electron chi connectivity index (χ0n) is 10.9. The lowest BCUT2D eigenvalue weighted by Crippen LogP contribution is -2.19. The van der Waals surface area contributed by atoms with E-state index in [1.165, 1.54) is 0 Å². The van der Waals surface area contributed by atoms with E-state index >= 15 is 0 Å². The Morgan fingerprint density at radius 1 is 1.41 bits per heavy atom. The van der Waals surface area contributed by atoms with E-state index in [0.717, 1.165) is 11.6 Å². The number of rotatable bonds is 6. The molecule has 3 N–H and O–H groups in total. The maximum Gasteiger partial charge on any atom is 0.239 e. The van der Waals surface area contributed by atoms with E-state index in [1.54, 1.807) is 11.8 Å². The number of hydrogen-bond donors (Lipinski definition) is 2. The fourth-order valence-corrected chi connectivity index (χ4v) is 1.98. The Morgan fingerprint density at radius 2 is 2.12 bits per heavy atom. The minimum Gasteiger partial charge on any atom is -0.473 e. The van der Waals surface area contributed by atoms with Gasteiger partial charge in [0.2, 0.25) is 5.88 Å². The predicted octanol–water partition coefficient (Wildman–Crippen LogP) is 2.61.